The number of nitrogens with one attached hydrogen (secondary N) is 3. The van der Waals surface area contributed by atoms with E-state index in [0.29, 0.717) is 129 Å². The van der Waals surface area contributed by atoms with E-state index in [4.69, 9.17) is 23.7 Å². The van der Waals surface area contributed by atoms with Crippen LogP contribution in [0, 0.1) is 13.8 Å². The Morgan fingerprint density at radius 1 is 0.533 bits per heavy atom. The summed E-state index contributed by atoms with van der Waals surface area (Å²) in [6.07, 6.45) is 6.11. The van der Waals surface area contributed by atoms with E-state index in [1.807, 2.05) is 86.9 Å². The summed E-state index contributed by atoms with van der Waals surface area (Å²) < 4.78 is 75.4. The molecule has 0 radical (unpaired) electrons. The van der Waals surface area contributed by atoms with Crippen molar-refractivity contribution in [3.05, 3.63) is 124 Å². The summed E-state index contributed by atoms with van der Waals surface area (Å²) in [7, 11) is 0. The zero-order valence-electron chi connectivity index (χ0n) is 66.4. The molecule has 4 aromatic rings. The van der Waals surface area contributed by atoms with Crippen LogP contribution in [0.2, 0.25) is 0 Å². The first kappa shape index (κ1) is 88.2. The quantitative estimate of drug-likeness (QED) is 0.0175. The number of unbranched alkanes of at least 4 members (excludes halogenated alkanes) is 4. The van der Waals surface area contributed by atoms with Crippen molar-refractivity contribution in [2.75, 3.05) is 105 Å². The smallest absolute Gasteiger partial charge is 0.417 e. The lowest BCUT2D eigenvalue weighted by Gasteiger charge is -2.36. The predicted molar refractivity (Wildman–Crippen MR) is 414 cm³/mol. The van der Waals surface area contributed by atoms with Crippen molar-refractivity contribution in [1.29, 1.82) is 0 Å². The standard InChI is InChI=1S/C84H123F3N8O12/c1-61-36-38-63(39-37-61)28-26-35-73(96)88-42-23-20-33-70(90-74(97)57-91-45-47-92(58-75(98)104-80(3,4)5)49-51-94(60-77(100)106-82(9,10)11)52-50-93(48-46-91)59-76(99)105-81(6,7)8)78(101)89-43-22-15-16-25-53-103-72-55-66(41-40-64-31-27-32-68(62(64)2)65-29-18-17-19-30-65)69(84(85,86)87)54-67(72)56-95-44-24-21-34-71(95)79(102)107-83(12,13)14/h17-19,27,29-32,36-41,54-55,70-71H,15-16,20-26,28,33-35,42-53,56-60H2,1-14H3,(H,88,96)(H,89,101)(H,90,97)/b41-40+/t70-,71-/m0/s1. The lowest BCUT2D eigenvalue weighted by Crippen LogP contribution is -2.52. The Balaban J connectivity index is 1.16. The van der Waals surface area contributed by atoms with Crippen LogP contribution in [0.1, 0.15) is 199 Å². The maximum absolute atomic E-state index is 15.3. The van der Waals surface area contributed by atoms with Crippen LogP contribution in [-0.4, -0.2) is 205 Å². The van der Waals surface area contributed by atoms with E-state index in [2.05, 4.69) is 40.2 Å². The number of nitrogens with zero attached hydrogens (tertiary/aromatic N) is 5. The number of esters is 4. The van der Waals surface area contributed by atoms with Crippen molar-refractivity contribution < 1.29 is 70.4 Å². The van der Waals surface area contributed by atoms with Crippen molar-refractivity contribution in [2.45, 2.75) is 228 Å². The third-order valence-electron chi connectivity index (χ3n) is 18.2. The normalized spacial score (nSPS) is 16.4. The molecule has 0 aromatic heterocycles. The molecule has 2 aliphatic heterocycles. The molecule has 23 heteroatoms. The highest BCUT2D eigenvalue weighted by Gasteiger charge is 2.37. The Hall–Kier alpha value is -7.70. The van der Waals surface area contributed by atoms with Gasteiger partial charge in [0.1, 0.15) is 40.2 Å². The Morgan fingerprint density at radius 3 is 1.61 bits per heavy atom. The second-order valence-electron chi connectivity index (χ2n) is 32.5. The zero-order chi connectivity index (χ0) is 78.5. The van der Waals surface area contributed by atoms with Crippen LogP contribution in [0.25, 0.3) is 23.3 Å². The van der Waals surface area contributed by atoms with Gasteiger partial charge in [0.05, 0.1) is 38.3 Å². The Kier molecular flexibility index (Phi) is 34.9. The highest BCUT2D eigenvalue weighted by atomic mass is 19.4. The van der Waals surface area contributed by atoms with E-state index in [1.165, 1.54) is 23.3 Å². The number of likely N-dealkylation sites (tertiary alicyclic amines) is 1. The summed E-state index contributed by atoms with van der Waals surface area (Å²) in [4.78, 5) is 105. The van der Waals surface area contributed by atoms with Gasteiger partial charge in [-0.2, -0.15) is 13.2 Å². The number of amides is 3. The van der Waals surface area contributed by atoms with Crippen molar-refractivity contribution in [3.8, 4) is 16.9 Å². The second kappa shape index (κ2) is 42.3. The van der Waals surface area contributed by atoms with E-state index in [9.17, 15) is 33.6 Å². The van der Waals surface area contributed by atoms with E-state index in [0.717, 1.165) is 47.6 Å². The first-order valence-electron chi connectivity index (χ1n) is 38.5. The Morgan fingerprint density at radius 2 is 1.06 bits per heavy atom. The molecule has 20 nitrogen and oxygen atoms in total. The van der Waals surface area contributed by atoms with Gasteiger partial charge in [0.25, 0.3) is 0 Å². The van der Waals surface area contributed by atoms with Gasteiger partial charge < -0.3 is 39.6 Å². The van der Waals surface area contributed by atoms with Crippen molar-refractivity contribution in [1.82, 2.24) is 40.4 Å². The average molecular weight is 1490 g/mol. The molecule has 0 bridgehead atoms. The van der Waals surface area contributed by atoms with Gasteiger partial charge in [0, 0.05) is 84.0 Å². The van der Waals surface area contributed by atoms with Crippen LogP contribution < -0.4 is 20.7 Å². The number of alkyl halides is 3. The van der Waals surface area contributed by atoms with Gasteiger partial charge in [-0.15, -0.1) is 0 Å². The van der Waals surface area contributed by atoms with E-state index in [1.54, 1.807) is 89.2 Å². The minimum Gasteiger partial charge on any atom is -0.493 e. The van der Waals surface area contributed by atoms with E-state index in [-0.39, 0.29) is 75.4 Å². The molecule has 4 aromatic carbocycles. The Labute approximate surface area is 634 Å². The summed E-state index contributed by atoms with van der Waals surface area (Å²) in [5.41, 5.74) is 2.43. The van der Waals surface area contributed by atoms with Gasteiger partial charge in [0.15, 0.2) is 0 Å². The third-order valence-corrected chi connectivity index (χ3v) is 18.2. The largest absolute Gasteiger partial charge is 0.493 e. The number of hydrogen-bond acceptors (Lipinski definition) is 17. The maximum atomic E-state index is 15.3. The van der Waals surface area contributed by atoms with Gasteiger partial charge in [-0.3, -0.25) is 58.1 Å². The van der Waals surface area contributed by atoms with Gasteiger partial charge in [-0.1, -0.05) is 110 Å². The van der Waals surface area contributed by atoms with Gasteiger partial charge in [-0.05, 0) is 207 Å². The first-order chi connectivity index (χ1) is 50.3. The van der Waals surface area contributed by atoms with Crippen LogP contribution in [-0.2, 0) is 71.7 Å². The minimum atomic E-state index is -4.72. The molecule has 2 aliphatic rings. The topological polar surface area (TPSA) is 218 Å². The number of aryl methyl sites for hydroxylation is 2. The fraction of sp³-hybridized carbons (Fsp3) is 0.607. The van der Waals surface area contributed by atoms with Gasteiger partial charge >= 0.3 is 30.1 Å². The molecule has 0 unspecified atom stereocenters. The number of ether oxygens (including phenoxy) is 5. The fourth-order valence-electron chi connectivity index (χ4n) is 12.9. The van der Waals surface area contributed by atoms with Crippen LogP contribution >= 0.6 is 0 Å². The molecule has 2 fully saturated rings. The van der Waals surface area contributed by atoms with E-state index >= 15 is 13.2 Å². The number of rotatable bonds is 33. The molecule has 2 heterocycles. The molecule has 6 rings (SSSR count). The molecule has 0 aliphatic carbocycles. The summed E-state index contributed by atoms with van der Waals surface area (Å²) in [5, 5.41) is 9.10. The minimum absolute atomic E-state index is 0.0226. The summed E-state index contributed by atoms with van der Waals surface area (Å²) in [6, 6.07) is 24.9. The number of carbonyl (C=O) groups is 7. The first-order valence-corrected chi connectivity index (χ1v) is 38.5. The molecule has 2 saturated heterocycles. The molecule has 592 valence electrons. The van der Waals surface area contributed by atoms with Crippen molar-refractivity contribution in [3.63, 3.8) is 0 Å². The maximum Gasteiger partial charge on any atom is 0.417 e. The van der Waals surface area contributed by atoms with Crippen LogP contribution in [0.5, 0.6) is 5.75 Å². The summed E-state index contributed by atoms with van der Waals surface area (Å²) >= 11 is 0. The van der Waals surface area contributed by atoms with Crippen LogP contribution in [0.3, 0.4) is 0 Å². The van der Waals surface area contributed by atoms with E-state index < -0.39 is 76.0 Å². The molecule has 3 amide bonds. The van der Waals surface area contributed by atoms with Crippen LogP contribution in [0.15, 0.2) is 84.9 Å². The van der Waals surface area contributed by atoms with Gasteiger partial charge in [0.2, 0.25) is 17.7 Å². The molecule has 107 heavy (non-hydrogen) atoms. The zero-order valence-corrected chi connectivity index (χ0v) is 66.4. The number of piperidine rings is 1. The number of halogens is 3. The number of carbonyl (C=O) groups excluding carboxylic acids is 7. The SMILES string of the molecule is Cc1ccc(CCCC(=O)NCCCC[C@H](NC(=O)CN2CCN(CC(=O)OC(C)(C)C)CCN(CC(=O)OC(C)(C)C)CCN(CC(=O)OC(C)(C)C)CC2)C(=O)NCCCCCCOc2cc(/C=C/c3cccc(-c4ccccc4)c3C)c(C(F)(F)F)cc2CN2CCCC[C@H]2C(=O)OC(C)(C)C)cc1. The monoisotopic (exact) mass is 1490 g/mol. The van der Waals surface area contributed by atoms with Crippen molar-refractivity contribution >= 4 is 53.8 Å². The molecular weight excluding hydrogens is 1370 g/mol. The number of hydrogen-bond donors (Lipinski definition) is 3. The highest BCUT2D eigenvalue weighted by Crippen LogP contribution is 2.39. The average Bonchev–Trinajstić information content (AvgIpc) is 0.781. The van der Waals surface area contributed by atoms with Gasteiger partial charge in [-0.25, -0.2) is 0 Å². The lowest BCUT2D eigenvalue weighted by atomic mass is 9.95. The molecule has 0 saturated carbocycles. The lowest BCUT2D eigenvalue weighted by molar-refractivity contribution is -0.163. The fourth-order valence-corrected chi connectivity index (χ4v) is 12.9. The molecule has 3 N–H and O–H groups in total. The molecular formula is C84H123F3N8O12. The Bertz CT molecular complexity index is 3480. The number of benzene rings is 4. The summed E-state index contributed by atoms with van der Waals surface area (Å²) in [5.74, 6) is -2.26. The van der Waals surface area contributed by atoms with Crippen molar-refractivity contribution in [2.24, 2.45) is 0 Å². The predicted octanol–water partition coefficient (Wildman–Crippen LogP) is 13.0. The summed E-state index contributed by atoms with van der Waals surface area (Å²) in [6.45, 7) is 29.4. The molecule has 2 atom stereocenters. The van der Waals surface area contributed by atoms with Crippen LogP contribution in [0.4, 0.5) is 13.2 Å². The molecule has 0 spiro atoms. The second-order valence-corrected chi connectivity index (χ2v) is 32.5. The highest BCUT2D eigenvalue weighted by molar-refractivity contribution is 5.88. The third kappa shape index (κ3) is 34.2.